The standard InChI is InChI=1S/C13H22N4O/c1-10(2)17-8-7-15-12(13(17)18)16-9-11-5-3-4-6-14-11/h7-8,10-11,14H,3-6,9H2,1-2H3,(H,15,16). The minimum Gasteiger partial charge on any atom is -0.364 e. The van der Waals surface area contributed by atoms with Gasteiger partial charge in [-0.3, -0.25) is 4.79 Å². The third-order valence-corrected chi connectivity index (χ3v) is 3.35. The maximum atomic E-state index is 12.1. The fourth-order valence-electron chi connectivity index (χ4n) is 2.27. The molecule has 5 heteroatoms. The van der Waals surface area contributed by atoms with Crippen molar-refractivity contribution in [2.45, 2.75) is 45.2 Å². The Labute approximate surface area is 108 Å². The Morgan fingerprint density at radius 3 is 3.06 bits per heavy atom. The molecular formula is C13H22N4O. The predicted octanol–water partition coefficient (Wildman–Crippen LogP) is 1.38. The van der Waals surface area contributed by atoms with E-state index in [0.717, 1.165) is 19.5 Å². The van der Waals surface area contributed by atoms with Gasteiger partial charge in [-0.1, -0.05) is 6.42 Å². The van der Waals surface area contributed by atoms with E-state index in [1.54, 1.807) is 17.0 Å². The molecule has 1 aromatic rings. The summed E-state index contributed by atoms with van der Waals surface area (Å²) in [7, 11) is 0. The van der Waals surface area contributed by atoms with Gasteiger partial charge >= 0.3 is 0 Å². The minimum atomic E-state index is -0.0386. The summed E-state index contributed by atoms with van der Waals surface area (Å²) in [5.41, 5.74) is -0.0386. The molecule has 1 aromatic heterocycles. The molecule has 18 heavy (non-hydrogen) atoms. The zero-order chi connectivity index (χ0) is 13.0. The maximum absolute atomic E-state index is 12.1. The first-order valence-electron chi connectivity index (χ1n) is 6.73. The molecule has 0 aromatic carbocycles. The molecule has 1 unspecified atom stereocenters. The van der Waals surface area contributed by atoms with E-state index in [0.29, 0.717) is 11.9 Å². The van der Waals surface area contributed by atoms with Crippen molar-refractivity contribution in [3.05, 3.63) is 22.7 Å². The van der Waals surface area contributed by atoms with Crippen molar-refractivity contribution in [3.63, 3.8) is 0 Å². The monoisotopic (exact) mass is 250 g/mol. The lowest BCUT2D eigenvalue weighted by molar-refractivity contribution is 0.413. The van der Waals surface area contributed by atoms with Gasteiger partial charge in [0.1, 0.15) is 0 Å². The molecule has 1 aliphatic heterocycles. The van der Waals surface area contributed by atoms with Gasteiger partial charge in [0.15, 0.2) is 5.82 Å². The van der Waals surface area contributed by atoms with Gasteiger partial charge in [0.25, 0.3) is 5.56 Å². The van der Waals surface area contributed by atoms with Crippen LogP contribution >= 0.6 is 0 Å². The van der Waals surface area contributed by atoms with Crippen LogP contribution in [0.4, 0.5) is 5.82 Å². The highest BCUT2D eigenvalue weighted by Crippen LogP contribution is 2.07. The Hall–Kier alpha value is -1.36. The van der Waals surface area contributed by atoms with E-state index in [1.807, 2.05) is 13.8 Å². The molecule has 0 amide bonds. The molecule has 2 rings (SSSR count). The summed E-state index contributed by atoms with van der Waals surface area (Å²) in [4.78, 5) is 16.2. The first-order valence-corrected chi connectivity index (χ1v) is 6.73. The van der Waals surface area contributed by atoms with Gasteiger partial charge in [-0.2, -0.15) is 0 Å². The molecule has 1 fully saturated rings. The molecule has 0 radical (unpaired) electrons. The molecule has 0 saturated carbocycles. The number of piperidine rings is 1. The Bertz CT molecular complexity index is 435. The Morgan fingerprint density at radius 2 is 2.39 bits per heavy atom. The number of anilines is 1. The van der Waals surface area contributed by atoms with Crippen LogP contribution in [-0.4, -0.2) is 28.7 Å². The number of rotatable bonds is 4. The molecule has 5 nitrogen and oxygen atoms in total. The van der Waals surface area contributed by atoms with Crippen LogP contribution in [-0.2, 0) is 0 Å². The van der Waals surface area contributed by atoms with Gasteiger partial charge in [0.05, 0.1) is 0 Å². The second-order valence-electron chi connectivity index (χ2n) is 5.11. The lowest BCUT2D eigenvalue weighted by Crippen LogP contribution is -2.40. The average Bonchev–Trinajstić information content (AvgIpc) is 2.38. The van der Waals surface area contributed by atoms with E-state index in [9.17, 15) is 4.79 Å². The number of hydrogen-bond donors (Lipinski definition) is 2. The molecular weight excluding hydrogens is 228 g/mol. The lowest BCUT2D eigenvalue weighted by Gasteiger charge is -2.23. The van der Waals surface area contributed by atoms with Crippen molar-refractivity contribution >= 4 is 5.82 Å². The normalized spacial score (nSPS) is 20.1. The van der Waals surface area contributed by atoms with Crippen molar-refractivity contribution in [1.82, 2.24) is 14.9 Å². The summed E-state index contributed by atoms with van der Waals surface area (Å²) >= 11 is 0. The molecule has 0 bridgehead atoms. The van der Waals surface area contributed by atoms with Crippen LogP contribution in [0.1, 0.15) is 39.2 Å². The van der Waals surface area contributed by atoms with Crippen LogP contribution in [0.5, 0.6) is 0 Å². The molecule has 1 atom stereocenters. The van der Waals surface area contributed by atoms with E-state index in [2.05, 4.69) is 15.6 Å². The SMILES string of the molecule is CC(C)n1ccnc(NCC2CCCCN2)c1=O. The number of nitrogens with one attached hydrogen (secondary N) is 2. The summed E-state index contributed by atoms with van der Waals surface area (Å²) in [6.07, 6.45) is 7.09. The predicted molar refractivity (Wildman–Crippen MR) is 73.0 cm³/mol. The van der Waals surface area contributed by atoms with Gasteiger partial charge in [0, 0.05) is 31.0 Å². The first-order chi connectivity index (χ1) is 8.68. The van der Waals surface area contributed by atoms with E-state index in [4.69, 9.17) is 0 Å². The van der Waals surface area contributed by atoms with E-state index in [-0.39, 0.29) is 11.6 Å². The molecule has 1 saturated heterocycles. The number of aromatic nitrogens is 2. The van der Waals surface area contributed by atoms with Gasteiger partial charge in [-0.05, 0) is 33.2 Å². The average molecular weight is 250 g/mol. The third-order valence-electron chi connectivity index (χ3n) is 3.35. The van der Waals surface area contributed by atoms with Crippen LogP contribution in [0.3, 0.4) is 0 Å². The highest BCUT2D eigenvalue weighted by Gasteiger charge is 2.13. The summed E-state index contributed by atoms with van der Waals surface area (Å²) in [6, 6.07) is 0.613. The highest BCUT2D eigenvalue weighted by molar-refractivity contribution is 5.31. The molecule has 1 aliphatic rings. The zero-order valence-electron chi connectivity index (χ0n) is 11.1. The molecule has 2 N–H and O–H groups in total. The lowest BCUT2D eigenvalue weighted by atomic mass is 10.1. The fraction of sp³-hybridized carbons (Fsp3) is 0.692. The van der Waals surface area contributed by atoms with Gasteiger partial charge < -0.3 is 15.2 Å². The summed E-state index contributed by atoms with van der Waals surface area (Å²) in [6.45, 7) is 5.83. The van der Waals surface area contributed by atoms with Crippen molar-refractivity contribution in [2.75, 3.05) is 18.4 Å². The van der Waals surface area contributed by atoms with E-state index >= 15 is 0 Å². The maximum Gasteiger partial charge on any atom is 0.293 e. The van der Waals surface area contributed by atoms with Crippen LogP contribution < -0.4 is 16.2 Å². The van der Waals surface area contributed by atoms with Crippen molar-refractivity contribution in [2.24, 2.45) is 0 Å². The van der Waals surface area contributed by atoms with Gasteiger partial charge in [0.2, 0.25) is 0 Å². The quantitative estimate of drug-likeness (QED) is 0.847. The van der Waals surface area contributed by atoms with Gasteiger partial charge in [-0.15, -0.1) is 0 Å². The number of nitrogens with zero attached hydrogens (tertiary/aromatic N) is 2. The zero-order valence-corrected chi connectivity index (χ0v) is 11.1. The van der Waals surface area contributed by atoms with Crippen LogP contribution in [0.2, 0.25) is 0 Å². The fourth-order valence-corrected chi connectivity index (χ4v) is 2.27. The smallest absolute Gasteiger partial charge is 0.293 e. The summed E-state index contributed by atoms with van der Waals surface area (Å²) < 4.78 is 1.70. The Morgan fingerprint density at radius 1 is 1.56 bits per heavy atom. The van der Waals surface area contributed by atoms with Crippen LogP contribution in [0, 0.1) is 0 Å². The Balaban J connectivity index is 2.00. The molecule has 0 aliphatic carbocycles. The topological polar surface area (TPSA) is 59.0 Å². The van der Waals surface area contributed by atoms with Crippen molar-refractivity contribution in [1.29, 1.82) is 0 Å². The van der Waals surface area contributed by atoms with E-state index < -0.39 is 0 Å². The van der Waals surface area contributed by atoms with E-state index in [1.165, 1.54) is 12.8 Å². The highest BCUT2D eigenvalue weighted by atomic mass is 16.1. The summed E-state index contributed by atoms with van der Waals surface area (Å²) in [5.74, 6) is 0.457. The third kappa shape index (κ3) is 3.10. The van der Waals surface area contributed by atoms with Crippen LogP contribution in [0.15, 0.2) is 17.2 Å². The van der Waals surface area contributed by atoms with Crippen molar-refractivity contribution in [3.8, 4) is 0 Å². The van der Waals surface area contributed by atoms with Gasteiger partial charge in [-0.25, -0.2) is 4.98 Å². The second-order valence-corrected chi connectivity index (χ2v) is 5.11. The Kier molecular flexibility index (Phi) is 4.36. The molecule has 2 heterocycles. The van der Waals surface area contributed by atoms with Crippen molar-refractivity contribution < 1.29 is 0 Å². The summed E-state index contributed by atoms with van der Waals surface area (Å²) in [5, 5.41) is 6.62. The minimum absolute atomic E-state index is 0.0386. The largest absolute Gasteiger partial charge is 0.364 e. The molecule has 100 valence electrons. The molecule has 0 spiro atoms. The first kappa shape index (κ1) is 13.1. The van der Waals surface area contributed by atoms with Crippen LogP contribution in [0.25, 0.3) is 0 Å². The number of hydrogen-bond acceptors (Lipinski definition) is 4. The second kappa shape index (κ2) is 6.00.